The summed E-state index contributed by atoms with van der Waals surface area (Å²) in [5.74, 6) is -0.217. The molecule has 0 unspecified atom stereocenters. The molecule has 0 N–H and O–H groups in total. The van der Waals surface area contributed by atoms with Gasteiger partial charge in [-0.1, -0.05) is 37.3 Å². The van der Waals surface area contributed by atoms with Gasteiger partial charge in [0.2, 0.25) is 0 Å². The summed E-state index contributed by atoms with van der Waals surface area (Å²) in [4.78, 5) is 24.7. The molecule has 23 heavy (non-hydrogen) atoms. The zero-order valence-corrected chi connectivity index (χ0v) is 13.6. The van der Waals surface area contributed by atoms with Crippen molar-refractivity contribution in [1.29, 1.82) is 0 Å². The van der Waals surface area contributed by atoms with Gasteiger partial charge in [-0.15, -0.1) is 0 Å². The van der Waals surface area contributed by atoms with E-state index in [0.29, 0.717) is 17.7 Å². The van der Waals surface area contributed by atoms with Crippen molar-refractivity contribution < 1.29 is 9.72 Å². The monoisotopic (exact) mass is 312 g/mol. The Labute approximate surface area is 135 Å². The smallest absolute Gasteiger partial charge is 0.273 e. The van der Waals surface area contributed by atoms with Crippen LogP contribution in [0.2, 0.25) is 0 Å². The number of carbonyl (C=O) groups is 1. The van der Waals surface area contributed by atoms with E-state index in [1.165, 1.54) is 11.6 Å². The fourth-order valence-electron chi connectivity index (χ4n) is 2.48. The number of hydrogen-bond donors (Lipinski definition) is 0. The Kier molecular flexibility index (Phi) is 5.11. The molecule has 0 aliphatic carbocycles. The molecule has 0 aromatic heterocycles. The van der Waals surface area contributed by atoms with Crippen LogP contribution in [0.25, 0.3) is 0 Å². The molecule has 0 heterocycles. The summed E-state index contributed by atoms with van der Waals surface area (Å²) >= 11 is 0. The van der Waals surface area contributed by atoms with Crippen LogP contribution in [0, 0.1) is 17.0 Å². The van der Waals surface area contributed by atoms with Gasteiger partial charge in [-0.05, 0) is 30.5 Å². The minimum absolute atomic E-state index is 0.0310. The van der Waals surface area contributed by atoms with Gasteiger partial charge in [0.15, 0.2) is 0 Å². The van der Waals surface area contributed by atoms with Gasteiger partial charge in [0.05, 0.1) is 4.92 Å². The number of nitro benzene ring substituents is 1. The lowest BCUT2D eigenvalue weighted by Crippen LogP contribution is -2.27. The molecule has 0 atom stereocenters. The Balaban J connectivity index is 2.19. The van der Waals surface area contributed by atoms with E-state index in [2.05, 4.69) is 6.92 Å². The average Bonchev–Trinajstić information content (AvgIpc) is 2.54. The van der Waals surface area contributed by atoms with Crippen molar-refractivity contribution in [3.8, 4) is 0 Å². The van der Waals surface area contributed by atoms with Gasteiger partial charge in [0.1, 0.15) is 0 Å². The van der Waals surface area contributed by atoms with Crippen LogP contribution in [-0.4, -0.2) is 22.8 Å². The number of aryl methyl sites for hydroxylation is 1. The molecular formula is C18H20N2O3. The summed E-state index contributed by atoms with van der Waals surface area (Å²) in [6, 6.07) is 12.7. The number of rotatable bonds is 5. The minimum Gasteiger partial charge on any atom is -0.337 e. The largest absolute Gasteiger partial charge is 0.337 e. The van der Waals surface area contributed by atoms with E-state index in [0.717, 1.165) is 12.0 Å². The summed E-state index contributed by atoms with van der Waals surface area (Å²) in [6.07, 6.45) is 0.974. The maximum Gasteiger partial charge on any atom is 0.273 e. The Morgan fingerprint density at radius 1 is 1.13 bits per heavy atom. The maximum absolute atomic E-state index is 12.6. The van der Waals surface area contributed by atoms with Crippen molar-refractivity contribution in [1.82, 2.24) is 4.90 Å². The van der Waals surface area contributed by atoms with Crippen LogP contribution in [0.4, 0.5) is 5.69 Å². The average molecular weight is 312 g/mol. The van der Waals surface area contributed by atoms with E-state index < -0.39 is 4.92 Å². The van der Waals surface area contributed by atoms with Crippen molar-refractivity contribution in [2.45, 2.75) is 26.8 Å². The fraction of sp³-hybridized carbons (Fsp3) is 0.278. The van der Waals surface area contributed by atoms with Crippen LogP contribution < -0.4 is 0 Å². The number of amides is 1. The Morgan fingerprint density at radius 3 is 2.30 bits per heavy atom. The second-order valence-corrected chi connectivity index (χ2v) is 5.54. The lowest BCUT2D eigenvalue weighted by molar-refractivity contribution is -0.385. The molecule has 0 radical (unpaired) electrons. The first-order valence-corrected chi connectivity index (χ1v) is 7.51. The Bertz CT molecular complexity index is 724. The zero-order chi connectivity index (χ0) is 17.0. The first-order chi connectivity index (χ1) is 10.9. The second-order valence-electron chi connectivity index (χ2n) is 5.54. The summed E-state index contributed by atoms with van der Waals surface area (Å²) in [7, 11) is 1.70. The Morgan fingerprint density at radius 2 is 1.74 bits per heavy atom. The van der Waals surface area contributed by atoms with Crippen molar-refractivity contribution in [3.63, 3.8) is 0 Å². The van der Waals surface area contributed by atoms with Crippen molar-refractivity contribution in [2.75, 3.05) is 7.05 Å². The lowest BCUT2D eigenvalue weighted by Gasteiger charge is -2.18. The SMILES string of the molecule is CCc1ccc(CN(C)C(=O)c2cccc([N+](=O)[O-])c2C)cc1. The number of benzene rings is 2. The molecule has 0 fully saturated rings. The molecule has 0 spiro atoms. The van der Waals surface area contributed by atoms with Crippen LogP contribution in [0.3, 0.4) is 0 Å². The van der Waals surface area contributed by atoms with Gasteiger partial charge in [-0.2, -0.15) is 0 Å². The molecule has 2 rings (SSSR count). The molecular weight excluding hydrogens is 292 g/mol. The number of hydrogen-bond acceptors (Lipinski definition) is 3. The van der Waals surface area contributed by atoms with E-state index in [1.54, 1.807) is 31.0 Å². The third-order valence-electron chi connectivity index (χ3n) is 3.93. The molecule has 2 aromatic rings. The van der Waals surface area contributed by atoms with Crippen LogP contribution >= 0.6 is 0 Å². The van der Waals surface area contributed by atoms with Crippen molar-refractivity contribution in [3.05, 3.63) is 74.8 Å². The predicted molar refractivity (Wildman–Crippen MR) is 89.5 cm³/mol. The second kappa shape index (κ2) is 7.05. The maximum atomic E-state index is 12.6. The van der Waals surface area contributed by atoms with Crippen molar-refractivity contribution in [2.24, 2.45) is 0 Å². The molecule has 0 aliphatic rings. The third-order valence-corrected chi connectivity index (χ3v) is 3.93. The van der Waals surface area contributed by atoms with E-state index in [-0.39, 0.29) is 11.6 Å². The van der Waals surface area contributed by atoms with E-state index in [9.17, 15) is 14.9 Å². The summed E-state index contributed by atoms with van der Waals surface area (Å²) in [6.45, 7) is 4.16. The molecule has 0 saturated heterocycles. The van der Waals surface area contributed by atoms with E-state index >= 15 is 0 Å². The summed E-state index contributed by atoms with van der Waals surface area (Å²) < 4.78 is 0. The topological polar surface area (TPSA) is 63.5 Å². The van der Waals surface area contributed by atoms with Crippen LogP contribution in [-0.2, 0) is 13.0 Å². The highest BCUT2D eigenvalue weighted by molar-refractivity contribution is 5.96. The molecule has 2 aromatic carbocycles. The van der Waals surface area contributed by atoms with Gasteiger partial charge in [0.25, 0.3) is 11.6 Å². The number of nitrogens with zero attached hydrogens (tertiary/aromatic N) is 2. The first-order valence-electron chi connectivity index (χ1n) is 7.51. The molecule has 0 aliphatic heterocycles. The summed E-state index contributed by atoms with van der Waals surface area (Å²) in [5, 5.41) is 11.0. The standard InChI is InChI=1S/C18H20N2O3/c1-4-14-8-10-15(11-9-14)12-19(3)18(21)16-6-5-7-17(13(16)2)20(22)23/h5-11H,4,12H2,1-3H3. The highest BCUT2D eigenvalue weighted by Gasteiger charge is 2.20. The molecule has 1 amide bonds. The molecule has 0 saturated carbocycles. The van der Waals surface area contributed by atoms with Gasteiger partial charge >= 0.3 is 0 Å². The van der Waals surface area contributed by atoms with Gasteiger partial charge in [0, 0.05) is 30.8 Å². The van der Waals surface area contributed by atoms with Crippen molar-refractivity contribution >= 4 is 11.6 Å². The normalized spacial score (nSPS) is 10.4. The minimum atomic E-state index is -0.463. The third kappa shape index (κ3) is 3.74. The highest BCUT2D eigenvalue weighted by Crippen LogP contribution is 2.22. The first kappa shape index (κ1) is 16.7. The van der Waals surface area contributed by atoms with Crippen LogP contribution in [0.1, 0.15) is 34.0 Å². The van der Waals surface area contributed by atoms with Crippen LogP contribution in [0.15, 0.2) is 42.5 Å². The van der Waals surface area contributed by atoms with E-state index in [4.69, 9.17) is 0 Å². The molecule has 5 heteroatoms. The Hall–Kier alpha value is -2.69. The van der Waals surface area contributed by atoms with Gasteiger partial charge < -0.3 is 4.90 Å². The quantitative estimate of drug-likeness (QED) is 0.624. The summed E-state index contributed by atoms with van der Waals surface area (Å²) in [5.41, 5.74) is 3.01. The van der Waals surface area contributed by atoms with E-state index in [1.807, 2.05) is 24.3 Å². The number of carbonyl (C=O) groups excluding carboxylic acids is 1. The predicted octanol–water partition coefficient (Wildman–Crippen LogP) is 3.74. The van der Waals surface area contributed by atoms with Gasteiger partial charge in [-0.25, -0.2) is 0 Å². The lowest BCUT2D eigenvalue weighted by atomic mass is 10.1. The zero-order valence-electron chi connectivity index (χ0n) is 13.6. The molecule has 5 nitrogen and oxygen atoms in total. The molecule has 120 valence electrons. The highest BCUT2D eigenvalue weighted by atomic mass is 16.6. The van der Waals surface area contributed by atoms with Crippen LogP contribution in [0.5, 0.6) is 0 Å². The fourth-order valence-corrected chi connectivity index (χ4v) is 2.48. The molecule has 0 bridgehead atoms. The number of nitro groups is 1. The van der Waals surface area contributed by atoms with Gasteiger partial charge in [-0.3, -0.25) is 14.9 Å².